The van der Waals surface area contributed by atoms with Crippen LogP contribution in [0.3, 0.4) is 0 Å². The minimum absolute atomic E-state index is 0.0243. The van der Waals surface area contributed by atoms with Gasteiger partial charge in [0.05, 0.1) is 23.4 Å². The molecule has 2 aromatic heterocycles. The molecule has 0 saturated heterocycles. The maximum absolute atomic E-state index is 13.6. The smallest absolute Gasteiger partial charge is 0.335 e. The van der Waals surface area contributed by atoms with E-state index in [2.05, 4.69) is 20.7 Å². The summed E-state index contributed by atoms with van der Waals surface area (Å²) in [5.74, 6) is -4.66. The first kappa shape index (κ1) is 27.6. The van der Waals surface area contributed by atoms with Crippen molar-refractivity contribution >= 4 is 29.2 Å². The first-order chi connectivity index (χ1) is 19.6. The number of hydrogen-bond donors (Lipinski definition) is 3. The molecule has 210 valence electrons. The van der Waals surface area contributed by atoms with Crippen molar-refractivity contribution in [3.63, 3.8) is 0 Å². The predicted molar refractivity (Wildman–Crippen MR) is 142 cm³/mol. The average molecular weight is 562 g/mol. The van der Waals surface area contributed by atoms with E-state index in [9.17, 15) is 33.1 Å². The minimum atomic E-state index is -1.06. The highest BCUT2D eigenvalue weighted by Crippen LogP contribution is 2.35. The van der Waals surface area contributed by atoms with Crippen molar-refractivity contribution in [3.8, 4) is 0 Å². The first-order valence-electron chi connectivity index (χ1n) is 12.9. The van der Waals surface area contributed by atoms with E-state index in [0.717, 1.165) is 23.3 Å². The van der Waals surface area contributed by atoms with Crippen molar-refractivity contribution in [1.82, 2.24) is 25.2 Å². The molecular formula is C29H25F2N5O5. The topological polar surface area (TPSA) is 143 Å². The van der Waals surface area contributed by atoms with Crippen LogP contribution in [0.2, 0.25) is 0 Å². The number of carbonyl (C=O) groups is 4. The summed E-state index contributed by atoms with van der Waals surface area (Å²) in [4.78, 5) is 55.0. The number of carboxylic acid groups (broad SMARTS) is 1. The predicted octanol–water partition coefficient (Wildman–Crippen LogP) is 3.95. The molecule has 0 saturated carbocycles. The Morgan fingerprint density at radius 3 is 2.54 bits per heavy atom. The van der Waals surface area contributed by atoms with Crippen molar-refractivity contribution in [2.24, 2.45) is 0 Å². The minimum Gasteiger partial charge on any atom is -0.478 e. The van der Waals surface area contributed by atoms with Crippen LogP contribution < -0.4 is 10.6 Å². The molecule has 2 amide bonds. The maximum atomic E-state index is 13.6. The van der Waals surface area contributed by atoms with Crippen molar-refractivity contribution in [2.75, 3.05) is 0 Å². The standard InChI is InChI=1S/C29H25F2N5O5/c1-3-25(37)19-13-33-36-24(28(39)35-22-9-7-16-14(2)17(29(40)41)5-6-18(16)22)11-23(34-26(19)36)27(38)32-12-15-4-8-20(30)21(31)10-15/h4-6,8,10-11,13,22H,3,7,9,12H2,1-2H3,(H,32,38)(H,35,39)(H,40,41)/t22-/m0/s1. The van der Waals surface area contributed by atoms with Crippen LogP contribution in [0.5, 0.6) is 0 Å². The number of amides is 2. The summed E-state index contributed by atoms with van der Waals surface area (Å²) in [5.41, 5.74) is 2.77. The Balaban J connectivity index is 1.47. The van der Waals surface area contributed by atoms with E-state index in [0.29, 0.717) is 24.0 Å². The van der Waals surface area contributed by atoms with Crippen LogP contribution in [0.15, 0.2) is 42.6 Å². The quantitative estimate of drug-likeness (QED) is 0.277. The van der Waals surface area contributed by atoms with E-state index in [1.165, 1.54) is 28.9 Å². The van der Waals surface area contributed by atoms with Gasteiger partial charge in [0, 0.05) is 19.0 Å². The number of nitrogens with one attached hydrogen (secondary N) is 2. The third kappa shape index (κ3) is 5.15. The third-order valence-electron chi connectivity index (χ3n) is 7.22. The third-order valence-corrected chi connectivity index (χ3v) is 7.22. The van der Waals surface area contributed by atoms with Gasteiger partial charge in [-0.25, -0.2) is 23.1 Å². The van der Waals surface area contributed by atoms with E-state index < -0.39 is 35.5 Å². The van der Waals surface area contributed by atoms with Gasteiger partial charge in [0.2, 0.25) is 0 Å². The number of carboxylic acids is 1. The lowest BCUT2D eigenvalue weighted by Gasteiger charge is -2.16. The lowest BCUT2D eigenvalue weighted by molar-refractivity contribution is 0.0695. The number of ketones is 1. The fraction of sp³-hybridized carbons (Fsp3) is 0.241. The zero-order valence-electron chi connectivity index (χ0n) is 22.1. The van der Waals surface area contributed by atoms with E-state index >= 15 is 0 Å². The zero-order chi connectivity index (χ0) is 29.4. The molecule has 41 heavy (non-hydrogen) atoms. The van der Waals surface area contributed by atoms with Crippen LogP contribution >= 0.6 is 0 Å². The van der Waals surface area contributed by atoms with Gasteiger partial charge in [0.25, 0.3) is 11.8 Å². The van der Waals surface area contributed by atoms with Crippen molar-refractivity contribution < 1.29 is 33.1 Å². The van der Waals surface area contributed by atoms with Gasteiger partial charge in [0.15, 0.2) is 23.1 Å². The summed E-state index contributed by atoms with van der Waals surface area (Å²) < 4.78 is 28.0. The van der Waals surface area contributed by atoms with E-state index in [1.54, 1.807) is 19.9 Å². The summed E-state index contributed by atoms with van der Waals surface area (Å²) in [7, 11) is 0. The molecule has 0 fully saturated rings. The lowest BCUT2D eigenvalue weighted by Crippen LogP contribution is -2.31. The van der Waals surface area contributed by atoms with Crippen LogP contribution in [0.25, 0.3) is 5.65 Å². The van der Waals surface area contributed by atoms with Crippen LogP contribution in [-0.4, -0.2) is 43.3 Å². The zero-order valence-corrected chi connectivity index (χ0v) is 22.1. The number of rotatable bonds is 8. The van der Waals surface area contributed by atoms with E-state index in [4.69, 9.17) is 0 Å². The van der Waals surface area contributed by atoms with Gasteiger partial charge in [0.1, 0.15) is 11.4 Å². The number of Topliss-reactive ketones (excluding diaryl/α,β-unsaturated/α-hetero) is 1. The Bertz CT molecular complexity index is 1750. The monoisotopic (exact) mass is 561 g/mol. The van der Waals surface area contributed by atoms with Gasteiger partial charge < -0.3 is 15.7 Å². The molecule has 12 heteroatoms. The molecule has 3 N–H and O–H groups in total. The molecule has 5 rings (SSSR count). The molecule has 1 atom stereocenters. The highest BCUT2D eigenvalue weighted by atomic mass is 19.2. The second-order valence-corrected chi connectivity index (χ2v) is 9.70. The van der Waals surface area contributed by atoms with Crippen LogP contribution in [0, 0.1) is 18.6 Å². The molecule has 1 aliphatic rings. The molecule has 2 aromatic carbocycles. The Morgan fingerprint density at radius 1 is 1.05 bits per heavy atom. The summed E-state index contributed by atoms with van der Waals surface area (Å²) in [6, 6.07) is 7.26. The van der Waals surface area contributed by atoms with Gasteiger partial charge in [-0.1, -0.05) is 19.1 Å². The second-order valence-electron chi connectivity index (χ2n) is 9.70. The molecular weight excluding hydrogens is 536 g/mol. The van der Waals surface area contributed by atoms with Crippen LogP contribution in [-0.2, 0) is 13.0 Å². The molecule has 1 aliphatic carbocycles. The maximum Gasteiger partial charge on any atom is 0.335 e. The molecule has 4 aromatic rings. The van der Waals surface area contributed by atoms with Crippen molar-refractivity contribution in [2.45, 2.75) is 45.7 Å². The SMILES string of the molecule is CCC(=O)c1cnn2c(C(=O)N[C@H]3CCc4c3ccc(C(=O)O)c4C)cc(C(=O)NCc3ccc(F)c(F)c3)nc12. The van der Waals surface area contributed by atoms with Gasteiger partial charge in [-0.15, -0.1) is 0 Å². The Morgan fingerprint density at radius 2 is 1.83 bits per heavy atom. The molecule has 2 heterocycles. The highest BCUT2D eigenvalue weighted by Gasteiger charge is 2.29. The van der Waals surface area contributed by atoms with E-state index in [1.807, 2.05) is 0 Å². The largest absolute Gasteiger partial charge is 0.478 e. The normalized spacial score (nSPS) is 14.1. The Kier molecular flexibility index (Phi) is 7.31. The molecule has 0 bridgehead atoms. The van der Waals surface area contributed by atoms with E-state index in [-0.39, 0.29) is 46.9 Å². The van der Waals surface area contributed by atoms with Crippen molar-refractivity contribution in [3.05, 3.63) is 99.0 Å². The Hall–Kier alpha value is -5.00. The summed E-state index contributed by atoms with van der Waals surface area (Å²) in [6.45, 7) is 3.26. The molecule has 0 unspecified atom stereocenters. The fourth-order valence-electron chi connectivity index (χ4n) is 5.04. The van der Waals surface area contributed by atoms with Gasteiger partial charge in [-0.3, -0.25) is 14.4 Å². The molecule has 0 aliphatic heterocycles. The first-order valence-corrected chi connectivity index (χ1v) is 12.9. The number of nitrogens with zero attached hydrogens (tertiary/aromatic N) is 3. The Labute approximate surface area is 232 Å². The lowest BCUT2D eigenvalue weighted by atomic mass is 9.98. The van der Waals surface area contributed by atoms with Crippen molar-refractivity contribution in [1.29, 1.82) is 0 Å². The number of aromatic nitrogens is 3. The summed E-state index contributed by atoms with van der Waals surface area (Å²) in [6.07, 6.45) is 2.55. The molecule has 10 nitrogen and oxygen atoms in total. The average Bonchev–Trinajstić information content (AvgIpc) is 3.57. The van der Waals surface area contributed by atoms with Crippen LogP contribution in [0.1, 0.15) is 89.8 Å². The number of fused-ring (bicyclic) bond motifs is 2. The number of aromatic carboxylic acids is 1. The van der Waals surface area contributed by atoms with Crippen LogP contribution in [0.4, 0.5) is 8.78 Å². The van der Waals surface area contributed by atoms with Gasteiger partial charge >= 0.3 is 5.97 Å². The number of halogens is 2. The highest BCUT2D eigenvalue weighted by molar-refractivity contribution is 6.04. The second kappa shape index (κ2) is 10.9. The fourth-order valence-corrected chi connectivity index (χ4v) is 5.04. The van der Waals surface area contributed by atoms with Gasteiger partial charge in [-0.2, -0.15) is 5.10 Å². The number of benzene rings is 2. The number of carbonyl (C=O) groups excluding carboxylic acids is 3. The molecule has 0 spiro atoms. The molecule has 0 radical (unpaired) electrons. The summed E-state index contributed by atoms with van der Waals surface area (Å²) in [5, 5.41) is 19.1. The number of hydrogen-bond acceptors (Lipinski definition) is 6. The van der Waals surface area contributed by atoms with Gasteiger partial charge in [-0.05, 0) is 60.2 Å². The summed E-state index contributed by atoms with van der Waals surface area (Å²) >= 11 is 0.